The molecule has 0 aliphatic carbocycles. The molecule has 1 aromatic heterocycles. The first-order valence-electron chi connectivity index (χ1n) is 5.13. The van der Waals surface area contributed by atoms with E-state index < -0.39 is 0 Å². The van der Waals surface area contributed by atoms with Crippen LogP contribution in [-0.2, 0) is 11.8 Å². The van der Waals surface area contributed by atoms with Gasteiger partial charge in [-0.1, -0.05) is 40.5 Å². The lowest BCUT2D eigenvalue weighted by Crippen LogP contribution is -2.02. The van der Waals surface area contributed by atoms with E-state index in [1.165, 1.54) is 5.56 Å². The molecule has 2 rings (SSSR count). The standard InChI is InChI=1S/C12H12BrClN2/c1-2-12-15-5-6-16(12)11-7-10(14)4-3-9(11)8-13/h3-7H,2,8H2,1H3. The van der Waals surface area contributed by atoms with Crippen LogP contribution >= 0.6 is 27.5 Å². The molecular weight excluding hydrogens is 288 g/mol. The second-order valence-corrected chi connectivity index (χ2v) is 4.47. The van der Waals surface area contributed by atoms with Gasteiger partial charge < -0.3 is 4.57 Å². The molecule has 2 aromatic rings. The molecule has 84 valence electrons. The van der Waals surface area contributed by atoms with Crippen molar-refractivity contribution in [3.8, 4) is 5.69 Å². The summed E-state index contributed by atoms with van der Waals surface area (Å²) in [7, 11) is 0. The Morgan fingerprint density at radius 3 is 2.94 bits per heavy atom. The lowest BCUT2D eigenvalue weighted by Gasteiger charge is -2.11. The number of halogens is 2. The number of benzene rings is 1. The lowest BCUT2D eigenvalue weighted by molar-refractivity contribution is 0.885. The van der Waals surface area contributed by atoms with Gasteiger partial charge in [0.05, 0.1) is 5.69 Å². The predicted molar refractivity (Wildman–Crippen MR) is 70.6 cm³/mol. The fourth-order valence-corrected chi connectivity index (χ4v) is 2.33. The Balaban J connectivity index is 2.58. The number of hydrogen-bond acceptors (Lipinski definition) is 1. The van der Waals surface area contributed by atoms with E-state index in [1.54, 1.807) is 0 Å². The molecule has 0 aliphatic heterocycles. The zero-order chi connectivity index (χ0) is 11.5. The summed E-state index contributed by atoms with van der Waals surface area (Å²) in [6.07, 6.45) is 4.69. The number of imidazole rings is 1. The van der Waals surface area contributed by atoms with Gasteiger partial charge in [0.15, 0.2) is 0 Å². The number of aryl methyl sites for hydroxylation is 1. The molecule has 0 saturated heterocycles. The predicted octanol–water partition coefficient (Wildman–Crippen LogP) is 3.98. The number of alkyl halides is 1. The first kappa shape index (κ1) is 11.7. The van der Waals surface area contributed by atoms with Crippen molar-refractivity contribution in [1.29, 1.82) is 0 Å². The quantitative estimate of drug-likeness (QED) is 0.784. The normalized spacial score (nSPS) is 10.7. The first-order valence-corrected chi connectivity index (χ1v) is 6.63. The van der Waals surface area contributed by atoms with Crippen molar-refractivity contribution < 1.29 is 0 Å². The summed E-state index contributed by atoms with van der Waals surface area (Å²) in [6.45, 7) is 2.09. The lowest BCUT2D eigenvalue weighted by atomic mass is 10.2. The van der Waals surface area contributed by atoms with Crippen molar-refractivity contribution in [2.75, 3.05) is 0 Å². The molecule has 0 atom stereocenters. The Morgan fingerprint density at radius 2 is 2.25 bits per heavy atom. The summed E-state index contributed by atoms with van der Waals surface area (Å²) in [6, 6.07) is 5.91. The van der Waals surface area contributed by atoms with E-state index in [2.05, 4.69) is 32.4 Å². The molecule has 0 amide bonds. The fraction of sp³-hybridized carbons (Fsp3) is 0.250. The van der Waals surface area contributed by atoms with Crippen LogP contribution in [0, 0.1) is 0 Å². The van der Waals surface area contributed by atoms with E-state index in [0.29, 0.717) is 0 Å². The van der Waals surface area contributed by atoms with Crippen LogP contribution in [-0.4, -0.2) is 9.55 Å². The van der Waals surface area contributed by atoms with Crippen LogP contribution in [0.2, 0.25) is 5.02 Å². The third-order valence-corrected chi connectivity index (χ3v) is 3.32. The Bertz CT molecular complexity index is 494. The minimum absolute atomic E-state index is 0.746. The molecule has 0 fully saturated rings. The second-order valence-electron chi connectivity index (χ2n) is 3.47. The van der Waals surface area contributed by atoms with Gasteiger partial charge in [0.25, 0.3) is 0 Å². The average Bonchev–Trinajstić information content (AvgIpc) is 2.76. The molecule has 1 aromatic carbocycles. The highest BCUT2D eigenvalue weighted by Crippen LogP contribution is 2.23. The van der Waals surface area contributed by atoms with Gasteiger partial charge >= 0.3 is 0 Å². The number of nitrogens with zero attached hydrogens (tertiary/aromatic N) is 2. The van der Waals surface area contributed by atoms with Gasteiger partial charge in [-0.25, -0.2) is 4.98 Å². The average molecular weight is 300 g/mol. The molecule has 0 radical (unpaired) electrons. The topological polar surface area (TPSA) is 17.8 Å². The van der Waals surface area contributed by atoms with Crippen LogP contribution in [0.3, 0.4) is 0 Å². The summed E-state index contributed by atoms with van der Waals surface area (Å²) in [5.41, 5.74) is 2.30. The van der Waals surface area contributed by atoms with Crippen molar-refractivity contribution in [3.05, 3.63) is 47.0 Å². The van der Waals surface area contributed by atoms with Crippen LogP contribution in [0.1, 0.15) is 18.3 Å². The summed E-state index contributed by atoms with van der Waals surface area (Å²) in [4.78, 5) is 4.32. The highest BCUT2D eigenvalue weighted by Gasteiger charge is 2.08. The molecular formula is C12H12BrClN2. The van der Waals surface area contributed by atoms with Gasteiger partial charge in [-0.05, 0) is 17.7 Å². The van der Waals surface area contributed by atoms with Crippen molar-refractivity contribution in [3.63, 3.8) is 0 Å². The molecule has 0 saturated carbocycles. The largest absolute Gasteiger partial charge is 0.303 e. The number of aromatic nitrogens is 2. The van der Waals surface area contributed by atoms with Crippen molar-refractivity contribution in [2.24, 2.45) is 0 Å². The van der Waals surface area contributed by atoms with Crippen molar-refractivity contribution in [2.45, 2.75) is 18.7 Å². The molecule has 2 nitrogen and oxygen atoms in total. The summed E-state index contributed by atoms with van der Waals surface area (Å²) in [5, 5.41) is 1.55. The highest BCUT2D eigenvalue weighted by atomic mass is 79.9. The van der Waals surface area contributed by atoms with Crippen molar-refractivity contribution >= 4 is 27.5 Å². The van der Waals surface area contributed by atoms with Crippen LogP contribution in [0.4, 0.5) is 0 Å². The molecule has 0 aliphatic rings. The maximum atomic E-state index is 6.04. The zero-order valence-electron chi connectivity index (χ0n) is 8.95. The molecule has 0 bridgehead atoms. The maximum Gasteiger partial charge on any atom is 0.112 e. The first-order chi connectivity index (χ1) is 7.76. The SMILES string of the molecule is CCc1nccn1-c1cc(Cl)ccc1CBr. The highest BCUT2D eigenvalue weighted by molar-refractivity contribution is 9.08. The number of rotatable bonds is 3. The Morgan fingerprint density at radius 1 is 1.44 bits per heavy atom. The Labute approximate surface area is 108 Å². The van der Waals surface area contributed by atoms with E-state index in [1.807, 2.05) is 30.6 Å². The molecule has 0 spiro atoms. The van der Waals surface area contributed by atoms with Gasteiger partial charge in [0, 0.05) is 29.2 Å². The fourth-order valence-electron chi connectivity index (χ4n) is 1.69. The molecule has 16 heavy (non-hydrogen) atoms. The van der Waals surface area contributed by atoms with E-state index in [0.717, 1.165) is 28.3 Å². The maximum absolute atomic E-state index is 6.04. The minimum Gasteiger partial charge on any atom is -0.303 e. The summed E-state index contributed by atoms with van der Waals surface area (Å²) >= 11 is 9.53. The van der Waals surface area contributed by atoms with Gasteiger partial charge in [-0.2, -0.15) is 0 Å². The third-order valence-electron chi connectivity index (χ3n) is 2.48. The smallest absolute Gasteiger partial charge is 0.112 e. The van der Waals surface area contributed by atoms with E-state index in [-0.39, 0.29) is 0 Å². The zero-order valence-corrected chi connectivity index (χ0v) is 11.3. The van der Waals surface area contributed by atoms with Gasteiger partial charge in [0.2, 0.25) is 0 Å². The Kier molecular flexibility index (Phi) is 3.66. The minimum atomic E-state index is 0.746. The van der Waals surface area contributed by atoms with E-state index in [4.69, 9.17) is 11.6 Å². The van der Waals surface area contributed by atoms with Crippen LogP contribution < -0.4 is 0 Å². The van der Waals surface area contributed by atoms with Gasteiger partial charge in [-0.3, -0.25) is 0 Å². The van der Waals surface area contributed by atoms with E-state index >= 15 is 0 Å². The van der Waals surface area contributed by atoms with Crippen LogP contribution in [0.25, 0.3) is 5.69 Å². The summed E-state index contributed by atoms with van der Waals surface area (Å²) < 4.78 is 2.09. The monoisotopic (exact) mass is 298 g/mol. The molecule has 1 heterocycles. The molecule has 4 heteroatoms. The van der Waals surface area contributed by atoms with E-state index in [9.17, 15) is 0 Å². The third kappa shape index (κ3) is 2.15. The van der Waals surface area contributed by atoms with Crippen LogP contribution in [0.15, 0.2) is 30.6 Å². The molecule has 0 unspecified atom stereocenters. The molecule has 0 N–H and O–H groups in total. The van der Waals surface area contributed by atoms with Gasteiger partial charge in [-0.15, -0.1) is 0 Å². The Hall–Kier alpha value is -0.800. The number of hydrogen-bond donors (Lipinski definition) is 0. The van der Waals surface area contributed by atoms with Gasteiger partial charge in [0.1, 0.15) is 5.82 Å². The second kappa shape index (κ2) is 5.02. The summed E-state index contributed by atoms with van der Waals surface area (Å²) in [5.74, 6) is 1.05. The van der Waals surface area contributed by atoms with Crippen molar-refractivity contribution in [1.82, 2.24) is 9.55 Å². The van der Waals surface area contributed by atoms with Crippen LogP contribution in [0.5, 0.6) is 0 Å².